The Hall–Kier alpha value is -3.45. The van der Waals surface area contributed by atoms with E-state index in [9.17, 15) is 18.3 Å². The predicted octanol–water partition coefficient (Wildman–Crippen LogP) is 4.41. The third-order valence-corrected chi connectivity index (χ3v) is 7.44. The van der Waals surface area contributed by atoms with Crippen molar-refractivity contribution >= 4 is 20.8 Å². The molecule has 1 aliphatic carbocycles. The number of aromatic hydroxyl groups is 1. The largest absolute Gasteiger partial charge is 0.507 e. The Morgan fingerprint density at radius 3 is 2.56 bits per heavy atom. The molecule has 6 nitrogen and oxygen atoms in total. The summed E-state index contributed by atoms with van der Waals surface area (Å²) >= 11 is 0. The standard InChI is InChI=1S/C25H21NO5S/c27-24-19-8-1-2-9-20(19)31-25(28)23(24)22(17-11-12-17)18-7-5-6-16(14-18)15-32(29,30)21-10-3-4-13-26-21/h1-10,13-14,17,22,27H,11-12,15H2. The smallest absolute Gasteiger partial charge is 0.343 e. The van der Waals surface area contributed by atoms with E-state index in [1.807, 2.05) is 6.07 Å². The van der Waals surface area contributed by atoms with Gasteiger partial charge in [0.2, 0.25) is 0 Å². The van der Waals surface area contributed by atoms with E-state index in [4.69, 9.17) is 4.42 Å². The first-order valence-corrected chi connectivity index (χ1v) is 12.1. The van der Waals surface area contributed by atoms with Crippen molar-refractivity contribution in [3.05, 3.63) is 100 Å². The summed E-state index contributed by atoms with van der Waals surface area (Å²) in [6.07, 6.45) is 3.30. The molecular weight excluding hydrogens is 426 g/mol. The summed E-state index contributed by atoms with van der Waals surface area (Å²) in [5.74, 6) is -0.450. The summed E-state index contributed by atoms with van der Waals surface area (Å²) in [7, 11) is -3.61. The van der Waals surface area contributed by atoms with E-state index in [1.54, 1.807) is 54.6 Å². The Morgan fingerprint density at radius 1 is 1.03 bits per heavy atom. The van der Waals surface area contributed by atoms with Crippen LogP contribution in [0.15, 0.2) is 87.2 Å². The highest BCUT2D eigenvalue weighted by Crippen LogP contribution is 2.48. The van der Waals surface area contributed by atoms with E-state index in [2.05, 4.69) is 4.98 Å². The average molecular weight is 448 g/mol. The molecule has 0 spiro atoms. The number of rotatable bonds is 6. The molecule has 1 N–H and O–H groups in total. The minimum atomic E-state index is -3.61. The van der Waals surface area contributed by atoms with Crippen LogP contribution in [0.25, 0.3) is 11.0 Å². The van der Waals surface area contributed by atoms with E-state index in [0.717, 1.165) is 18.4 Å². The molecule has 2 aromatic heterocycles. The number of para-hydroxylation sites is 1. The quantitative estimate of drug-likeness (QED) is 0.440. The first kappa shape index (κ1) is 20.5. The Labute approximate surface area is 185 Å². The fraction of sp³-hybridized carbons (Fsp3) is 0.200. The molecule has 1 aliphatic rings. The maximum Gasteiger partial charge on any atom is 0.343 e. The van der Waals surface area contributed by atoms with Crippen LogP contribution in [-0.4, -0.2) is 18.5 Å². The molecule has 4 aromatic rings. The molecule has 2 heterocycles. The molecule has 162 valence electrons. The van der Waals surface area contributed by atoms with E-state index < -0.39 is 15.5 Å². The molecule has 1 fully saturated rings. The number of fused-ring (bicyclic) bond motifs is 1. The number of hydrogen-bond acceptors (Lipinski definition) is 6. The van der Waals surface area contributed by atoms with Crippen molar-refractivity contribution in [1.29, 1.82) is 0 Å². The van der Waals surface area contributed by atoms with Gasteiger partial charge in [-0.1, -0.05) is 42.5 Å². The summed E-state index contributed by atoms with van der Waals surface area (Å²) in [5, 5.41) is 11.5. The third-order valence-electron chi connectivity index (χ3n) is 5.85. The van der Waals surface area contributed by atoms with Gasteiger partial charge in [-0.05, 0) is 54.2 Å². The zero-order valence-electron chi connectivity index (χ0n) is 17.1. The second kappa shape index (κ2) is 7.91. The molecule has 32 heavy (non-hydrogen) atoms. The van der Waals surface area contributed by atoms with Crippen LogP contribution in [0.4, 0.5) is 0 Å². The van der Waals surface area contributed by atoms with Gasteiger partial charge in [-0.2, -0.15) is 0 Å². The van der Waals surface area contributed by atoms with E-state index in [1.165, 1.54) is 12.3 Å². The van der Waals surface area contributed by atoms with Crippen molar-refractivity contribution in [2.75, 3.05) is 0 Å². The van der Waals surface area contributed by atoms with Gasteiger partial charge >= 0.3 is 5.63 Å². The van der Waals surface area contributed by atoms with Gasteiger partial charge in [0.1, 0.15) is 11.3 Å². The number of hydrogen-bond donors (Lipinski definition) is 1. The van der Waals surface area contributed by atoms with Crippen molar-refractivity contribution in [2.45, 2.75) is 29.5 Å². The fourth-order valence-electron chi connectivity index (χ4n) is 4.23. The number of sulfone groups is 1. The van der Waals surface area contributed by atoms with Crippen LogP contribution in [0.5, 0.6) is 5.75 Å². The minimum absolute atomic E-state index is 0.0250. The highest BCUT2D eigenvalue weighted by atomic mass is 32.2. The normalized spacial score (nSPS) is 15.0. The van der Waals surface area contributed by atoms with Gasteiger partial charge in [-0.25, -0.2) is 18.2 Å². The zero-order valence-corrected chi connectivity index (χ0v) is 18.0. The molecule has 1 unspecified atom stereocenters. The topological polar surface area (TPSA) is 97.5 Å². The van der Waals surface area contributed by atoms with Gasteiger partial charge in [0, 0.05) is 12.1 Å². The lowest BCUT2D eigenvalue weighted by molar-refractivity contribution is 0.446. The highest BCUT2D eigenvalue weighted by molar-refractivity contribution is 7.90. The predicted molar refractivity (Wildman–Crippen MR) is 120 cm³/mol. The van der Waals surface area contributed by atoms with Crippen molar-refractivity contribution in [2.24, 2.45) is 5.92 Å². The molecule has 2 aromatic carbocycles. The summed E-state index contributed by atoms with van der Waals surface area (Å²) in [6, 6.07) is 18.9. The second-order valence-corrected chi connectivity index (χ2v) is 10.1. The maximum absolute atomic E-state index is 12.9. The summed E-state index contributed by atoms with van der Waals surface area (Å²) < 4.78 is 31.1. The van der Waals surface area contributed by atoms with Gasteiger partial charge in [-0.15, -0.1) is 0 Å². The van der Waals surface area contributed by atoms with Crippen molar-refractivity contribution < 1.29 is 17.9 Å². The number of nitrogens with zero attached hydrogens (tertiary/aromatic N) is 1. The number of benzene rings is 2. The van der Waals surface area contributed by atoms with Crippen molar-refractivity contribution in [1.82, 2.24) is 4.98 Å². The van der Waals surface area contributed by atoms with Crippen LogP contribution in [-0.2, 0) is 15.6 Å². The average Bonchev–Trinajstić information content (AvgIpc) is 3.62. The lowest BCUT2D eigenvalue weighted by atomic mass is 9.86. The second-order valence-electron chi connectivity index (χ2n) is 8.14. The number of aromatic nitrogens is 1. The van der Waals surface area contributed by atoms with E-state index >= 15 is 0 Å². The Balaban J connectivity index is 1.57. The van der Waals surface area contributed by atoms with Crippen molar-refractivity contribution in [3.8, 4) is 5.75 Å². The van der Waals surface area contributed by atoms with Gasteiger partial charge < -0.3 is 9.52 Å². The van der Waals surface area contributed by atoms with Crippen LogP contribution in [0, 0.1) is 5.92 Å². The zero-order chi connectivity index (χ0) is 22.3. The van der Waals surface area contributed by atoms with Gasteiger partial charge in [0.15, 0.2) is 14.9 Å². The fourth-order valence-corrected chi connectivity index (χ4v) is 5.50. The summed E-state index contributed by atoms with van der Waals surface area (Å²) in [4.78, 5) is 16.8. The van der Waals surface area contributed by atoms with Gasteiger partial charge in [0.25, 0.3) is 0 Å². The highest BCUT2D eigenvalue weighted by Gasteiger charge is 2.38. The molecule has 0 bridgehead atoms. The van der Waals surface area contributed by atoms with Gasteiger partial charge in [-0.3, -0.25) is 0 Å². The Morgan fingerprint density at radius 2 is 1.81 bits per heavy atom. The first-order valence-electron chi connectivity index (χ1n) is 10.4. The third kappa shape index (κ3) is 3.80. The molecule has 0 radical (unpaired) electrons. The molecule has 0 aliphatic heterocycles. The van der Waals surface area contributed by atoms with E-state index in [0.29, 0.717) is 16.5 Å². The van der Waals surface area contributed by atoms with E-state index in [-0.39, 0.29) is 33.9 Å². The van der Waals surface area contributed by atoms with Crippen LogP contribution < -0.4 is 5.63 Å². The molecule has 0 amide bonds. The minimum Gasteiger partial charge on any atom is -0.507 e. The van der Waals surface area contributed by atoms with Gasteiger partial charge in [0.05, 0.1) is 16.7 Å². The van der Waals surface area contributed by atoms with Crippen LogP contribution in [0.1, 0.15) is 35.4 Å². The first-order chi connectivity index (χ1) is 15.4. The SMILES string of the molecule is O=c1oc2ccccc2c(O)c1C(c1cccc(CS(=O)(=O)c2ccccn2)c1)C1CC1. The molecular formula is C25H21NO5S. The Kier molecular flexibility index (Phi) is 5.06. The molecule has 7 heteroatoms. The molecule has 5 rings (SSSR count). The molecule has 0 saturated heterocycles. The lowest BCUT2D eigenvalue weighted by Gasteiger charge is -2.19. The monoisotopic (exact) mass is 447 g/mol. The summed E-state index contributed by atoms with van der Waals surface area (Å²) in [6.45, 7) is 0. The molecule has 1 saturated carbocycles. The van der Waals surface area contributed by atoms with Crippen LogP contribution in [0.3, 0.4) is 0 Å². The number of pyridine rings is 1. The molecule has 1 atom stereocenters. The van der Waals surface area contributed by atoms with Crippen LogP contribution in [0.2, 0.25) is 0 Å². The summed E-state index contributed by atoms with van der Waals surface area (Å²) in [5.41, 5.74) is 1.40. The van der Waals surface area contributed by atoms with Crippen LogP contribution >= 0.6 is 0 Å². The maximum atomic E-state index is 12.9. The Bertz CT molecular complexity index is 1460. The lowest BCUT2D eigenvalue weighted by Crippen LogP contribution is -2.16. The van der Waals surface area contributed by atoms with Crippen molar-refractivity contribution in [3.63, 3.8) is 0 Å².